The van der Waals surface area contributed by atoms with Crippen LogP contribution >= 0.6 is 0 Å². The van der Waals surface area contributed by atoms with E-state index in [-0.39, 0.29) is 16.3 Å². The van der Waals surface area contributed by atoms with Crippen molar-refractivity contribution in [2.45, 2.75) is 36.6 Å². The Hall–Kier alpha value is -2.30. The van der Waals surface area contributed by atoms with E-state index >= 15 is 0 Å². The number of fused-ring (bicyclic) bond motifs is 1. The van der Waals surface area contributed by atoms with Gasteiger partial charge < -0.3 is 10.1 Å². The van der Waals surface area contributed by atoms with E-state index in [1.54, 1.807) is 18.2 Å². The third kappa shape index (κ3) is 4.05. The zero-order valence-electron chi connectivity index (χ0n) is 15.4. The average Bonchev–Trinajstić information content (AvgIpc) is 2.65. The van der Waals surface area contributed by atoms with Gasteiger partial charge in [0.15, 0.2) is 0 Å². The topological polar surface area (TPSA) is 70.7 Å². The number of para-hydroxylation sites is 2. The molecule has 0 saturated carbocycles. The number of hydrogen-bond acceptors (Lipinski definition) is 5. The fourth-order valence-corrected chi connectivity index (χ4v) is 5.39. The summed E-state index contributed by atoms with van der Waals surface area (Å²) in [7, 11) is -3.84. The van der Waals surface area contributed by atoms with E-state index in [1.807, 2.05) is 4.90 Å². The molecule has 1 fully saturated rings. The van der Waals surface area contributed by atoms with Crippen LogP contribution in [0.3, 0.4) is 0 Å². The molecular formula is C19H20F3N3O3S. The van der Waals surface area contributed by atoms with Crippen LogP contribution < -0.4 is 14.8 Å². The summed E-state index contributed by atoms with van der Waals surface area (Å²) in [6, 6.07) is 10.5. The maximum Gasteiger partial charge on any atom is 0.387 e. The molecule has 2 aliphatic rings. The molecule has 2 aromatic carbocycles. The number of nitrogens with one attached hydrogen (secondary N) is 2. The van der Waals surface area contributed by atoms with Crippen molar-refractivity contribution >= 4 is 15.7 Å². The highest BCUT2D eigenvalue weighted by Crippen LogP contribution is 2.37. The molecule has 0 bridgehead atoms. The van der Waals surface area contributed by atoms with Crippen LogP contribution in [0.2, 0.25) is 0 Å². The first-order chi connectivity index (χ1) is 13.8. The zero-order chi connectivity index (χ0) is 20.6. The lowest BCUT2D eigenvalue weighted by molar-refractivity contribution is -0.0508. The summed E-state index contributed by atoms with van der Waals surface area (Å²) in [5, 5.41) is 3.04. The lowest BCUT2D eigenvalue weighted by atomic mass is 9.96. The molecule has 2 heterocycles. The van der Waals surface area contributed by atoms with Gasteiger partial charge in [-0.2, -0.15) is 13.5 Å². The maximum atomic E-state index is 14.2. The van der Waals surface area contributed by atoms with Gasteiger partial charge in [-0.05, 0) is 31.0 Å². The smallest absolute Gasteiger partial charge is 0.387 e. The van der Waals surface area contributed by atoms with Crippen molar-refractivity contribution in [2.75, 3.05) is 18.4 Å². The maximum absolute atomic E-state index is 14.2. The van der Waals surface area contributed by atoms with E-state index in [1.165, 1.54) is 24.3 Å². The Morgan fingerprint density at radius 3 is 2.55 bits per heavy atom. The SMILES string of the molecule is O=S1(=O)NC2(CCN(Cc3ccccc3OC(F)F)CC2)Nc2c(F)cccc21. The van der Waals surface area contributed by atoms with E-state index in [4.69, 9.17) is 0 Å². The van der Waals surface area contributed by atoms with Crippen LogP contribution in [-0.4, -0.2) is 38.7 Å². The van der Waals surface area contributed by atoms with E-state index in [0.717, 1.165) is 0 Å². The van der Waals surface area contributed by atoms with Crippen LogP contribution in [0, 0.1) is 5.82 Å². The number of nitrogens with zero attached hydrogens (tertiary/aromatic N) is 1. The Kier molecular flexibility index (Phi) is 5.18. The molecule has 4 rings (SSSR count). The van der Waals surface area contributed by atoms with Gasteiger partial charge in [-0.1, -0.05) is 24.3 Å². The van der Waals surface area contributed by atoms with E-state index in [9.17, 15) is 21.6 Å². The lowest BCUT2D eigenvalue weighted by Gasteiger charge is -2.45. The highest BCUT2D eigenvalue weighted by Gasteiger charge is 2.44. The van der Waals surface area contributed by atoms with Gasteiger partial charge in [-0.3, -0.25) is 4.90 Å². The molecule has 0 unspecified atom stereocenters. The monoisotopic (exact) mass is 427 g/mol. The summed E-state index contributed by atoms with van der Waals surface area (Å²) in [6.07, 6.45) is 0.774. The van der Waals surface area contributed by atoms with Crippen molar-refractivity contribution in [3.8, 4) is 5.75 Å². The number of anilines is 1. The molecule has 1 spiro atoms. The first-order valence-corrected chi connectivity index (χ1v) is 10.6. The fourth-order valence-electron chi connectivity index (χ4n) is 3.83. The molecule has 29 heavy (non-hydrogen) atoms. The zero-order valence-corrected chi connectivity index (χ0v) is 16.2. The van der Waals surface area contributed by atoms with Crippen molar-refractivity contribution in [1.82, 2.24) is 9.62 Å². The second-order valence-corrected chi connectivity index (χ2v) is 8.84. The van der Waals surface area contributed by atoms with Crippen LogP contribution in [0.25, 0.3) is 0 Å². The molecule has 2 aliphatic heterocycles. The Bertz CT molecular complexity index is 1010. The number of likely N-dealkylation sites (tertiary alicyclic amines) is 1. The summed E-state index contributed by atoms with van der Waals surface area (Å²) in [5.41, 5.74) is -0.378. The fraction of sp³-hybridized carbons (Fsp3) is 0.368. The summed E-state index contributed by atoms with van der Waals surface area (Å²) in [5.74, 6) is -0.497. The number of halogens is 3. The average molecular weight is 427 g/mol. The normalized spacial score (nSPS) is 20.3. The minimum atomic E-state index is -3.84. The number of benzene rings is 2. The number of ether oxygens (including phenoxy) is 1. The molecule has 10 heteroatoms. The van der Waals surface area contributed by atoms with Gasteiger partial charge in [0.05, 0.1) is 5.69 Å². The number of piperidine rings is 1. The summed E-state index contributed by atoms with van der Waals surface area (Å²) < 4.78 is 71.9. The van der Waals surface area contributed by atoms with Gasteiger partial charge >= 0.3 is 6.61 Å². The molecule has 0 atom stereocenters. The van der Waals surface area contributed by atoms with Crippen molar-refractivity contribution in [2.24, 2.45) is 0 Å². The molecule has 1 saturated heterocycles. The van der Waals surface area contributed by atoms with Crippen molar-refractivity contribution in [1.29, 1.82) is 0 Å². The standard InChI is InChI=1S/C19H20F3N3O3S/c20-14-5-3-7-16-17(14)23-19(24-29(16,26)27)8-10-25(11-9-19)12-13-4-1-2-6-15(13)28-18(21)22/h1-7,18,23-24H,8-12H2. The molecule has 156 valence electrons. The van der Waals surface area contributed by atoms with Crippen LogP contribution in [0.1, 0.15) is 18.4 Å². The van der Waals surface area contributed by atoms with Gasteiger partial charge in [0.2, 0.25) is 10.0 Å². The number of rotatable bonds is 4. The third-order valence-electron chi connectivity index (χ3n) is 5.25. The molecule has 2 aromatic rings. The summed E-state index contributed by atoms with van der Waals surface area (Å²) >= 11 is 0. The Morgan fingerprint density at radius 2 is 1.83 bits per heavy atom. The van der Waals surface area contributed by atoms with E-state index < -0.39 is 28.1 Å². The van der Waals surface area contributed by atoms with Crippen LogP contribution in [-0.2, 0) is 16.6 Å². The number of sulfonamides is 1. The summed E-state index contributed by atoms with van der Waals surface area (Å²) in [6.45, 7) is -1.54. The minimum absolute atomic E-state index is 0.0182. The quantitative estimate of drug-likeness (QED) is 0.785. The second-order valence-electron chi connectivity index (χ2n) is 7.19. The van der Waals surface area contributed by atoms with Crippen molar-refractivity contribution in [3.63, 3.8) is 0 Å². The van der Waals surface area contributed by atoms with Crippen molar-refractivity contribution in [3.05, 3.63) is 53.8 Å². The third-order valence-corrected chi connectivity index (χ3v) is 6.83. The summed E-state index contributed by atoms with van der Waals surface area (Å²) in [4.78, 5) is 1.91. The highest BCUT2D eigenvalue weighted by atomic mass is 32.2. The molecule has 6 nitrogen and oxygen atoms in total. The van der Waals surface area contributed by atoms with Gasteiger partial charge in [0, 0.05) is 25.2 Å². The van der Waals surface area contributed by atoms with Gasteiger partial charge in [-0.25, -0.2) is 12.8 Å². The van der Waals surface area contributed by atoms with Gasteiger partial charge in [-0.15, -0.1) is 0 Å². The van der Waals surface area contributed by atoms with E-state index in [2.05, 4.69) is 14.8 Å². The van der Waals surface area contributed by atoms with E-state index in [0.29, 0.717) is 38.0 Å². The van der Waals surface area contributed by atoms with Crippen LogP contribution in [0.15, 0.2) is 47.4 Å². The van der Waals surface area contributed by atoms with Crippen molar-refractivity contribution < 1.29 is 26.3 Å². The number of hydrogen-bond donors (Lipinski definition) is 2. The molecular weight excluding hydrogens is 407 g/mol. The molecule has 0 aromatic heterocycles. The molecule has 0 amide bonds. The van der Waals surface area contributed by atoms with Gasteiger partial charge in [0.25, 0.3) is 0 Å². The largest absolute Gasteiger partial charge is 0.434 e. The highest BCUT2D eigenvalue weighted by molar-refractivity contribution is 7.89. The van der Waals surface area contributed by atoms with Crippen LogP contribution in [0.5, 0.6) is 5.75 Å². The molecule has 2 N–H and O–H groups in total. The molecule has 0 aliphatic carbocycles. The lowest BCUT2D eigenvalue weighted by Crippen LogP contribution is -2.62. The molecule has 0 radical (unpaired) electrons. The Labute approximate surface area is 166 Å². The first-order valence-electron chi connectivity index (χ1n) is 9.14. The second kappa shape index (κ2) is 7.51. The Balaban J connectivity index is 1.49. The van der Waals surface area contributed by atoms with Crippen LogP contribution in [0.4, 0.5) is 18.9 Å². The minimum Gasteiger partial charge on any atom is -0.434 e. The van der Waals surface area contributed by atoms with Gasteiger partial charge in [0.1, 0.15) is 22.1 Å². The number of alkyl halides is 2. The predicted octanol–water partition coefficient (Wildman–Crippen LogP) is 3.12. The predicted molar refractivity (Wildman–Crippen MR) is 101 cm³/mol. The Morgan fingerprint density at radius 1 is 1.10 bits per heavy atom. The first kappa shape index (κ1) is 20.0.